The zero-order chi connectivity index (χ0) is 17.8. The van der Waals surface area contributed by atoms with E-state index in [1.807, 2.05) is 17.0 Å². The summed E-state index contributed by atoms with van der Waals surface area (Å²) in [6.07, 6.45) is 1.65. The molecule has 1 aliphatic rings. The maximum absolute atomic E-state index is 12.5. The van der Waals surface area contributed by atoms with Gasteiger partial charge in [-0.25, -0.2) is 4.98 Å². The van der Waals surface area contributed by atoms with Crippen molar-refractivity contribution in [3.05, 3.63) is 47.2 Å². The number of methoxy groups -OCH3 is 1. The highest BCUT2D eigenvalue weighted by molar-refractivity contribution is 6.32. The summed E-state index contributed by atoms with van der Waals surface area (Å²) in [6, 6.07) is 9.03. The van der Waals surface area contributed by atoms with Crippen molar-refractivity contribution in [2.75, 3.05) is 45.7 Å². The predicted molar refractivity (Wildman–Crippen MR) is 98.9 cm³/mol. The Balaban J connectivity index is 1.66. The van der Waals surface area contributed by atoms with E-state index in [1.54, 1.807) is 31.5 Å². The Hall–Kier alpha value is -2.31. The van der Waals surface area contributed by atoms with Gasteiger partial charge >= 0.3 is 0 Å². The summed E-state index contributed by atoms with van der Waals surface area (Å²) in [7, 11) is 3.64. The van der Waals surface area contributed by atoms with Crippen LogP contribution in [0.2, 0.25) is 5.02 Å². The fraction of sp³-hybridized carbons (Fsp3) is 0.333. The number of pyridine rings is 1. The van der Waals surface area contributed by atoms with Crippen molar-refractivity contribution in [2.24, 2.45) is 0 Å². The third-order valence-electron chi connectivity index (χ3n) is 4.21. The standard InChI is InChI=1S/C18H21ClN4O2/c1-22-7-9-23(10-8-22)18(24)16-5-3-14(12-20-16)21-13-4-6-17(25-2)15(19)11-13/h3-6,11-12,21H,7-10H2,1-2H3. The van der Waals surface area contributed by atoms with Crippen LogP contribution in [0.3, 0.4) is 0 Å². The Labute approximate surface area is 152 Å². The van der Waals surface area contributed by atoms with E-state index in [0.717, 1.165) is 37.6 Å². The third-order valence-corrected chi connectivity index (χ3v) is 4.51. The number of anilines is 2. The number of benzene rings is 1. The molecule has 0 aliphatic carbocycles. The summed E-state index contributed by atoms with van der Waals surface area (Å²) in [5.74, 6) is 0.602. The van der Waals surface area contributed by atoms with Gasteiger partial charge in [0.25, 0.3) is 5.91 Å². The summed E-state index contributed by atoms with van der Waals surface area (Å²) < 4.78 is 5.14. The Kier molecular flexibility index (Phi) is 5.40. The van der Waals surface area contributed by atoms with Crippen LogP contribution in [-0.4, -0.2) is 61.0 Å². The highest BCUT2D eigenvalue weighted by Crippen LogP contribution is 2.28. The minimum atomic E-state index is -0.0212. The number of carbonyl (C=O) groups excluding carboxylic acids is 1. The SMILES string of the molecule is COc1ccc(Nc2ccc(C(=O)N3CCN(C)CC3)nc2)cc1Cl. The van der Waals surface area contributed by atoms with Gasteiger partial charge in [0.15, 0.2) is 0 Å². The molecule has 25 heavy (non-hydrogen) atoms. The lowest BCUT2D eigenvalue weighted by Gasteiger charge is -2.32. The summed E-state index contributed by atoms with van der Waals surface area (Å²) in [5.41, 5.74) is 2.07. The number of amides is 1. The van der Waals surface area contributed by atoms with Crippen molar-refractivity contribution in [3.63, 3.8) is 0 Å². The molecule has 2 aromatic rings. The minimum absolute atomic E-state index is 0.0212. The number of hydrogen-bond donors (Lipinski definition) is 1. The number of piperazine rings is 1. The van der Waals surface area contributed by atoms with Crippen molar-refractivity contribution in [1.82, 2.24) is 14.8 Å². The van der Waals surface area contributed by atoms with Gasteiger partial charge in [0.05, 0.1) is 24.0 Å². The molecule has 0 radical (unpaired) electrons. The van der Waals surface area contributed by atoms with Gasteiger partial charge in [0, 0.05) is 31.9 Å². The number of hydrogen-bond acceptors (Lipinski definition) is 5. The summed E-state index contributed by atoms with van der Waals surface area (Å²) >= 11 is 6.12. The second kappa shape index (κ2) is 7.72. The van der Waals surface area contributed by atoms with Crippen LogP contribution in [0.4, 0.5) is 11.4 Å². The highest BCUT2D eigenvalue weighted by atomic mass is 35.5. The lowest BCUT2D eigenvalue weighted by molar-refractivity contribution is 0.0658. The quantitative estimate of drug-likeness (QED) is 0.908. The van der Waals surface area contributed by atoms with E-state index in [-0.39, 0.29) is 5.91 Å². The smallest absolute Gasteiger partial charge is 0.272 e. The molecule has 1 amide bonds. The maximum Gasteiger partial charge on any atom is 0.272 e. The number of halogens is 1. The van der Waals surface area contributed by atoms with Crippen LogP contribution in [0.25, 0.3) is 0 Å². The molecule has 1 aliphatic heterocycles. The molecule has 0 atom stereocenters. The molecule has 2 heterocycles. The van der Waals surface area contributed by atoms with Gasteiger partial charge in [-0.15, -0.1) is 0 Å². The van der Waals surface area contributed by atoms with Gasteiger partial charge in [-0.05, 0) is 37.4 Å². The normalized spacial score (nSPS) is 15.1. The first-order valence-electron chi connectivity index (χ1n) is 8.11. The average Bonchev–Trinajstić information content (AvgIpc) is 2.63. The molecule has 0 bridgehead atoms. The molecule has 0 spiro atoms. The van der Waals surface area contributed by atoms with E-state index in [1.165, 1.54) is 0 Å². The molecular weight excluding hydrogens is 340 g/mol. The molecule has 132 valence electrons. The monoisotopic (exact) mass is 360 g/mol. The topological polar surface area (TPSA) is 57.7 Å². The molecule has 0 saturated carbocycles. The van der Waals surface area contributed by atoms with Crippen molar-refractivity contribution < 1.29 is 9.53 Å². The van der Waals surface area contributed by atoms with Crippen LogP contribution in [-0.2, 0) is 0 Å². The Bertz CT molecular complexity index is 743. The van der Waals surface area contributed by atoms with Crippen LogP contribution in [0, 0.1) is 0 Å². The number of nitrogens with one attached hydrogen (secondary N) is 1. The number of nitrogens with zero attached hydrogens (tertiary/aromatic N) is 3. The Morgan fingerprint density at radius 2 is 1.88 bits per heavy atom. The van der Waals surface area contributed by atoms with Crippen LogP contribution in [0.15, 0.2) is 36.5 Å². The first-order valence-corrected chi connectivity index (χ1v) is 8.49. The number of rotatable bonds is 4. The van der Waals surface area contributed by atoms with Crippen molar-refractivity contribution in [3.8, 4) is 5.75 Å². The summed E-state index contributed by atoms with van der Waals surface area (Å²) in [5, 5.41) is 3.74. The summed E-state index contributed by atoms with van der Waals surface area (Å²) in [4.78, 5) is 20.8. The predicted octanol–water partition coefficient (Wildman–Crippen LogP) is 2.87. The molecule has 1 saturated heterocycles. The van der Waals surface area contributed by atoms with E-state index < -0.39 is 0 Å². The van der Waals surface area contributed by atoms with E-state index in [2.05, 4.69) is 22.2 Å². The van der Waals surface area contributed by atoms with Crippen LogP contribution < -0.4 is 10.1 Å². The number of likely N-dealkylation sites (N-methyl/N-ethyl adjacent to an activating group) is 1. The van der Waals surface area contributed by atoms with Gasteiger partial charge < -0.3 is 19.9 Å². The van der Waals surface area contributed by atoms with Crippen molar-refractivity contribution >= 4 is 28.9 Å². The largest absolute Gasteiger partial charge is 0.495 e. The van der Waals surface area contributed by atoms with E-state index >= 15 is 0 Å². The zero-order valence-corrected chi connectivity index (χ0v) is 15.1. The second-order valence-electron chi connectivity index (χ2n) is 6.00. The number of carbonyl (C=O) groups is 1. The van der Waals surface area contributed by atoms with Crippen molar-refractivity contribution in [2.45, 2.75) is 0 Å². The molecule has 1 aromatic carbocycles. The van der Waals surface area contributed by atoms with Crippen LogP contribution in [0.1, 0.15) is 10.5 Å². The fourth-order valence-corrected chi connectivity index (χ4v) is 2.93. The van der Waals surface area contributed by atoms with Gasteiger partial charge in [-0.3, -0.25) is 4.79 Å². The molecule has 1 N–H and O–H groups in total. The molecule has 1 aromatic heterocycles. The van der Waals surface area contributed by atoms with Gasteiger partial charge in [-0.1, -0.05) is 11.6 Å². The molecule has 7 heteroatoms. The third kappa shape index (κ3) is 4.21. The first kappa shape index (κ1) is 17.5. The summed E-state index contributed by atoms with van der Waals surface area (Å²) in [6.45, 7) is 3.26. The fourth-order valence-electron chi connectivity index (χ4n) is 2.68. The van der Waals surface area contributed by atoms with E-state index in [0.29, 0.717) is 16.5 Å². The van der Waals surface area contributed by atoms with Crippen LogP contribution >= 0.6 is 11.6 Å². The minimum Gasteiger partial charge on any atom is -0.495 e. The lowest BCUT2D eigenvalue weighted by atomic mass is 10.2. The molecule has 3 rings (SSSR count). The first-order chi connectivity index (χ1) is 12.1. The van der Waals surface area contributed by atoms with Gasteiger partial charge in [0.2, 0.25) is 0 Å². The van der Waals surface area contributed by atoms with E-state index in [4.69, 9.17) is 16.3 Å². The second-order valence-corrected chi connectivity index (χ2v) is 6.41. The van der Waals surface area contributed by atoms with Crippen molar-refractivity contribution in [1.29, 1.82) is 0 Å². The molecule has 6 nitrogen and oxygen atoms in total. The highest BCUT2D eigenvalue weighted by Gasteiger charge is 2.21. The lowest BCUT2D eigenvalue weighted by Crippen LogP contribution is -2.47. The number of aromatic nitrogens is 1. The van der Waals surface area contributed by atoms with Crippen LogP contribution in [0.5, 0.6) is 5.75 Å². The molecule has 0 unspecified atom stereocenters. The number of ether oxygens (including phenoxy) is 1. The van der Waals surface area contributed by atoms with Gasteiger partial charge in [0.1, 0.15) is 11.4 Å². The Morgan fingerprint density at radius 1 is 1.16 bits per heavy atom. The maximum atomic E-state index is 12.5. The zero-order valence-electron chi connectivity index (χ0n) is 14.3. The Morgan fingerprint density at radius 3 is 2.48 bits per heavy atom. The molecular formula is C18H21ClN4O2. The van der Waals surface area contributed by atoms with Gasteiger partial charge in [-0.2, -0.15) is 0 Å². The average molecular weight is 361 g/mol. The molecule has 1 fully saturated rings. The van der Waals surface area contributed by atoms with E-state index in [9.17, 15) is 4.79 Å².